The molecular formula is C17H25Cl2NO. The van der Waals surface area contributed by atoms with Crippen molar-refractivity contribution in [1.29, 1.82) is 0 Å². The Morgan fingerprint density at radius 1 is 1.24 bits per heavy atom. The van der Waals surface area contributed by atoms with Gasteiger partial charge in [-0.05, 0) is 48.8 Å². The third-order valence-electron chi connectivity index (χ3n) is 4.20. The van der Waals surface area contributed by atoms with Crippen LogP contribution < -0.4 is 5.32 Å². The van der Waals surface area contributed by atoms with Gasteiger partial charge >= 0.3 is 0 Å². The van der Waals surface area contributed by atoms with E-state index in [1.807, 2.05) is 12.1 Å². The second-order valence-corrected chi connectivity index (χ2v) is 7.31. The van der Waals surface area contributed by atoms with Crippen LogP contribution >= 0.6 is 23.2 Å². The van der Waals surface area contributed by atoms with Gasteiger partial charge in [-0.1, -0.05) is 49.2 Å². The molecule has 0 unspecified atom stereocenters. The third kappa shape index (κ3) is 4.85. The summed E-state index contributed by atoms with van der Waals surface area (Å²) in [6, 6.07) is 5.92. The highest BCUT2D eigenvalue weighted by molar-refractivity contribution is 6.42. The van der Waals surface area contributed by atoms with Gasteiger partial charge in [0.15, 0.2) is 0 Å². The van der Waals surface area contributed by atoms with E-state index in [1.54, 1.807) is 0 Å². The Bertz CT molecular complexity index is 456. The number of ether oxygens (including phenoxy) is 1. The predicted octanol–water partition coefficient (Wildman–Crippen LogP) is 4.58. The Hall–Kier alpha value is -0.280. The van der Waals surface area contributed by atoms with Crippen LogP contribution in [-0.4, -0.2) is 26.3 Å². The largest absolute Gasteiger partial charge is 0.381 e. The van der Waals surface area contributed by atoms with Crippen molar-refractivity contribution in [3.63, 3.8) is 0 Å². The van der Waals surface area contributed by atoms with Crippen molar-refractivity contribution < 1.29 is 4.74 Å². The zero-order chi connectivity index (χ0) is 15.3. The van der Waals surface area contributed by atoms with Gasteiger partial charge in [-0.2, -0.15) is 0 Å². The summed E-state index contributed by atoms with van der Waals surface area (Å²) >= 11 is 12.5. The molecule has 0 saturated carbocycles. The summed E-state index contributed by atoms with van der Waals surface area (Å²) in [4.78, 5) is 0. The van der Waals surface area contributed by atoms with Gasteiger partial charge in [0.05, 0.1) is 10.0 Å². The van der Waals surface area contributed by atoms with E-state index < -0.39 is 0 Å². The Morgan fingerprint density at radius 3 is 2.62 bits per heavy atom. The summed E-state index contributed by atoms with van der Waals surface area (Å²) in [5.41, 5.74) is 1.37. The van der Waals surface area contributed by atoms with Gasteiger partial charge in [0.2, 0.25) is 0 Å². The lowest BCUT2D eigenvalue weighted by molar-refractivity contribution is 0.0147. The molecule has 2 nitrogen and oxygen atoms in total. The Balaban J connectivity index is 2.10. The maximum Gasteiger partial charge on any atom is 0.0624 e. The number of rotatable bonds is 6. The summed E-state index contributed by atoms with van der Waals surface area (Å²) < 4.78 is 5.56. The van der Waals surface area contributed by atoms with E-state index in [-0.39, 0.29) is 5.41 Å². The molecule has 1 aliphatic rings. The molecule has 4 heteroatoms. The first-order chi connectivity index (χ1) is 10.0. The SMILES string of the molecule is CC(C)CNCC1(Cc2cccc(Cl)c2Cl)CCOCC1. The van der Waals surface area contributed by atoms with Crippen molar-refractivity contribution in [1.82, 2.24) is 5.32 Å². The summed E-state index contributed by atoms with van der Waals surface area (Å²) in [5, 5.41) is 4.97. The number of nitrogens with one attached hydrogen (secondary N) is 1. The second kappa shape index (κ2) is 7.82. The fourth-order valence-electron chi connectivity index (χ4n) is 2.94. The average Bonchev–Trinajstić information content (AvgIpc) is 2.44. The molecule has 0 aliphatic carbocycles. The van der Waals surface area contributed by atoms with Crippen molar-refractivity contribution in [3.8, 4) is 0 Å². The first-order valence-corrected chi connectivity index (χ1v) is 8.49. The number of halogens is 2. The molecule has 0 spiro atoms. The van der Waals surface area contributed by atoms with Crippen LogP contribution in [0.5, 0.6) is 0 Å². The van der Waals surface area contributed by atoms with Crippen LogP contribution in [0.4, 0.5) is 0 Å². The van der Waals surface area contributed by atoms with Crippen LogP contribution in [0, 0.1) is 11.3 Å². The Kier molecular flexibility index (Phi) is 6.36. The molecule has 2 rings (SSSR count). The van der Waals surface area contributed by atoms with Gasteiger partial charge in [-0.3, -0.25) is 0 Å². The van der Waals surface area contributed by atoms with Crippen LogP contribution in [0.25, 0.3) is 0 Å². The average molecular weight is 330 g/mol. The lowest BCUT2D eigenvalue weighted by Crippen LogP contribution is -2.41. The molecule has 0 bridgehead atoms. The van der Waals surface area contributed by atoms with Gasteiger partial charge in [0, 0.05) is 19.8 Å². The van der Waals surface area contributed by atoms with E-state index >= 15 is 0 Å². The molecule has 1 heterocycles. The first-order valence-electron chi connectivity index (χ1n) is 7.74. The molecular weight excluding hydrogens is 305 g/mol. The highest BCUT2D eigenvalue weighted by Crippen LogP contribution is 2.37. The van der Waals surface area contributed by atoms with Gasteiger partial charge in [0.1, 0.15) is 0 Å². The van der Waals surface area contributed by atoms with Crippen molar-refractivity contribution in [2.45, 2.75) is 33.1 Å². The van der Waals surface area contributed by atoms with E-state index in [4.69, 9.17) is 27.9 Å². The lowest BCUT2D eigenvalue weighted by Gasteiger charge is -2.38. The van der Waals surface area contributed by atoms with Crippen LogP contribution in [0.2, 0.25) is 10.0 Å². The van der Waals surface area contributed by atoms with Crippen LogP contribution in [0.15, 0.2) is 18.2 Å². The minimum Gasteiger partial charge on any atom is -0.381 e. The summed E-state index contributed by atoms with van der Waals surface area (Å²) in [6.07, 6.45) is 3.10. The normalized spacial score (nSPS) is 18.1. The van der Waals surface area contributed by atoms with Gasteiger partial charge in [-0.25, -0.2) is 0 Å². The molecule has 1 saturated heterocycles. The lowest BCUT2D eigenvalue weighted by atomic mass is 9.75. The third-order valence-corrected chi connectivity index (χ3v) is 5.06. The summed E-state index contributed by atoms with van der Waals surface area (Å²) in [5.74, 6) is 0.664. The molecule has 0 radical (unpaired) electrons. The molecule has 118 valence electrons. The summed E-state index contributed by atoms with van der Waals surface area (Å²) in [7, 11) is 0. The minimum absolute atomic E-state index is 0.224. The zero-order valence-electron chi connectivity index (χ0n) is 12.9. The van der Waals surface area contributed by atoms with Crippen LogP contribution in [-0.2, 0) is 11.2 Å². The monoisotopic (exact) mass is 329 g/mol. The topological polar surface area (TPSA) is 21.3 Å². The quantitative estimate of drug-likeness (QED) is 0.824. The molecule has 0 atom stereocenters. The van der Waals surface area contributed by atoms with E-state index in [0.717, 1.165) is 51.1 Å². The van der Waals surface area contributed by atoms with E-state index in [0.29, 0.717) is 16.0 Å². The zero-order valence-corrected chi connectivity index (χ0v) is 14.4. The van der Waals surface area contributed by atoms with E-state index in [1.165, 1.54) is 0 Å². The fraction of sp³-hybridized carbons (Fsp3) is 0.647. The number of benzene rings is 1. The molecule has 1 fully saturated rings. The van der Waals surface area contributed by atoms with Crippen molar-refractivity contribution >= 4 is 23.2 Å². The van der Waals surface area contributed by atoms with Crippen molar-refractivity contribution in [2.24, 2.45) is 11.3 Å². The molecule has 1 aromatic carbocycles. The van der Waals surface area contributed by atoms with Gasteiger partial charge in [0.25, 0.3) is 0 Å². The van der Waals surface area contributed by atoms with Gasteiger partial charge in [-0.15, -0.1) is 0 Å². The standard InChI is InChI=1S/C17H25Cl2NO/c1-13(2)11-20-12-17(6-8-21-9-7-17)10-14-4-3-5-15(18)16(14)19/h3-5,13,20H,6-12H2,1-2H3. The van der Waals surface area contributed by atoms with E-state index in [2.05, 4.69) is 25.2 Å². The van der Waals surface area contributed by atoms with Crippen molar-refractivity contribution in [3.05, 3.63) is 33.8 Å². The smallest absolute Gasteiger partial charge is 0.0624 e. The van der Waals surface area contributed by atoms with E-state index in [9.17, 15) is 0 Å². The minimum atomic E-state index is 0.224. The molecule has 1 aliphatic heterocycles. The highest BCUT2D eigenvalue weighted by Gasteiger charge is 2.33. The molecule has 0 aromatic heterocycles. The van der Waals surface area contributed by atoms with Crippen molar-refractivity contribution in [2.75, 3.05) is 26.3 Å². The molecule has 21 heavy (non-hydrogen) atoms. The number of hydrogen-bond acceptors (Lipinski definition) is 2. The van der Waals surface area contributed by atoms with Crippen LogP contribution in [0.1, 0.15) is 32.3 Å². The summed E-state index contributed by atoms with van der Waals surface area (Å²) in [6.45, 7) is 8.20. The second-order valence-electron chi connectivity index (χ2n) is 6.53. The first kappa shape index (κ1) is 17.1. The predicted molar refractivity (Wildman–Crippen MR) is 90.4 cm³/mol. The molecule has 0 amide bonds. The fourth-order valence-corrected chi connectivity index (χ4v) is 3.32. The van der Waals surface area contributed by atoms with Crippen LogP contribution in [0.3, 0.4) is 0 Å². The van der Waals surface area contributed by atoms with Gasteiger partial charge < -0.3 is 10.1 Å². The Morgan fingerprint density at radius 2 is 1.95 bits per heavy atom. The Labute approximate surface area is 138 Å². The maximum absolute atomic E-state index is 6.38. The number of hydrogen-bond donors (Lipinski definition) is 1. The molecule has 1 N–H and O–H groups in total. The molecule has 1 aromatic rings. The highest BCUT2D eigenvalue weighted by atomic mass is 35.5. The maximum atomic E-state index is 6.38.